The second-order valence-corrected chi connectivity index (χ2v) is 9.09. The molecule has 2 aliphatic rings. The first kappa shape index (κ1) is 17.8. The van der Waals surface area contributed by atoms with E-state index in [0.717, 1.165) is 25.6 Å². The van der Waals surface area contributed by atoms with E-state index in [4.69, 9.17) is 0 Å². The van der Waals surface area contributed by atoms with Crippen molar-refractivity contribution in [2.75, 3.05) is 22.7 Å². The summed E-state index contributed by atoms with van der Waals surface area (Å²) in [4.78, 5) is 13.1. The number of nitrogens with zero attached hydrogens (tertiary/aromatic N) is 2. The van der Waals surface area contributed by atoms with Gasteiger partial charge in [-0.15, -0.1) is 0 Å². The SMILES string of the molecule is O=[N+]([O-])c1cc(S(=O)(=O)Nc2ccccc2)ccc1N1CCCC2(CC2)C1. The molecule has 0 amide bonds. The van der Waals surface area contributed by atoms with Crippen molar-refractivity contribution < 1.29 is 13.3 Å². The lowest BCUT2D eigenvalue weighted by atomic mass is 9.94. The molecule has 1 saturated heterocycles. The molecule has 0 unspecified atom stereocenters. The zero-order chi connectivity index (χ0) is 19.1. The Balaban J connectivity index is 1.65. The average molecular weight is 387 g/mol. The monoisotopic (exact) mass is 387 g/mol. The van der Waals surface area contributed by atoms with Crippen molar-refractivity contribution in [3.8, 4) is 0 Å². The summed E-state index contributed by atoms with van der Waals surface area (Å²) < 4.78 is 27.7. The molecule has 0 bridgehead atoms. The molecular weight excluding hydrogens is 366 g/mol. The van der Waals surface area contributed by atoms with Crippen LogP contribution in [-0.4, -0.2) is 26.4 Å². The Bertz CT molecular complexity index is 972. The Morgan fingerprint density at radius 1 is 1.07 bits per heavy atom. The van der Waals surface area contributed by atoms with E-state index in [0.29, 0.717) is 16.8 Å². The number of benzene rings is 2. The molecule has 4 rings (SSSR count). The minimum Gasteiger partial charge on any atom is -0.365 e. The van der Waals surface area contributed by atoms with Crippen LogP contribution in [0.1, 0.15) is 25.7 Å². The summed E-state index contributed by atoms with van der Waals surface area (Å²) in [6.07, 6.45) is 4.52. The van der Waals surface area contributed by atoms with Gasteiger partial charge in [-0.1, -0.05) is 18.2 Å². The van der Waals surface area contributed by atoms with Gasteiger partial charge in [0.25, 0.3) is 15.7 Å². The van der Waals surface area contributed by atoms with Gasteiger partial charge in [-0.2, -0.15) is 0 Å². The molecule has 2 fully saturated rings. The minimum absolute atomic E-state index is 0.111. The number of para-hydroxylation sites is 1. The topological polar surface area (TPSA) is 92.5 Å². The maximum Gasteiger partial charge on any atom is 0.293 e. The third-order valence-corrected chi connectivity index (χ3v) is 6.82. The van der Waals surface area contributed by atoms with Gasteiger partial charge in [0.05, 0.1) is 9.82 Å². The second-order valence-electron chi connectivity index (χ2n) is 7.40. The first-order chi connectivity index (χ1) is 12.9. The van der Waals surface area contributed by atoms with Gasteiger partial charge in [-0.05, 0) is 55.4 Å². The highest BCUT2D eigenvalue weighted by Gasteiger charge is 2.46. The third kappa shape index (κ3) is 3.62. The predicted octanol–water partition coefficient (Wildman–Crippen LogP) is 3.78. The number of hydrogen-bond acceptors (Lipinski definition) is 5. The van der Waals surface area contributed by atoms with Gasteiger partial charge in [0, 0.05) is 24.8 Å². The number of sulfonamides is 1. The number of piperidine rings is 1. The highest BCUT2D eigenvalue weighted by molar-refractivity contribution is 7.92. The van der Waals surface area contributed by atoms with Crippen molar-refractivity contribution in [3.63, 3.8) is 0 Å². The fourth-order valence-corrected chi connectivity index (χ4v) is 4.88. The fourth-order valence-electron chi connectivity index (χ4n) is 3.80. The van der Waals surface area contributed by atoms with Crippen LogP contribution in [0.5, 0.6) is 0 Å². The van der Waals surface area contributed by atoms with Crippen LogP contribution in [0.4, 0.5) is 17.1 Å². The molecule has 1 aliphatic heterocycles. The number of anilines is 2. The molecule has 142 valence electrons. The van der Waals surface area contributed by atoms with Crippen molar-refractivity contribution >= 4 is 27.1 Å². The Hall–Kier alpha value is -2.61. The minimum atomic E-state index is -3.90. The van der Waals surface area contributed by atoms with Crippen molar-refractivity contribution in [1.29, 1.82) is 0 Å². The van der Waals surface area contributed by atoms with Crippen LogP contribution < -0.4 is 9.62 Å². The van der Waals surface area contributed by atoms with Crippen LogP contribution in [0.15, 0.2) is 53.4 Å². The molecule has 2 aromatic rings. The van der Waals surface area contributed by atoms with E-state index < -0.39 is 14.9 Å². The molecular formula is C19H21N3O4S. The first-order valence-corrected chi connectivity index (χ1v) is 10.5. The predicted molar refractivity (Wildman–Crippen MR) is 103 cm³/mol. The summed E-state index contributed by atoms with van der Waals surface area (Å²) in [5.41, 5.74) is 1.07. The molecule has 7 nitrogen and oxygen atoms in total. The summed E-state index contributed by atoms with van der Waals surface area (Å²) in [6, 6.07) is 12.6. The van der Waals surface area contributed by atoms with E-state index in [1.807, 2.05) is 4.90 Å². The summed E-state index contributed by atoms with van der Waals surface area (Å²) in [5, 5.41) is 11.6. The Morgan fingerprint density at radius 3 is 2.48 bits per heavy atom. The lowest BCUT2D eigenvalue weighted by Crippen LogP contribution is -2.36. The Labute approximate surface area is 158 Å². The van der Waals surface area contributed by atoms with Crippen molar-refractivity contribution in [3.05, 3.63) is 58.6 Å². The number of rotatable bonds is 5. The van der Waals surface area contributed by atoms with Gasteiger partial charge in [0.15, 0.2) is 0 Å². The van der Waals surface area contributed by atoms with Gasteiger partial charge in [-0.3, -0.25) is 14.8 Å². The number of nitrogens with one attached hydrogen (secondary N) is 1. The van der Waals surface area contributed by atoms with Crippen molar-refractivity contribution in [2.45, 2.75) is 30.6 Å². The van der Waals surface area contributed by atoms with Crippen LogP contribution in [0.2, 0.25) is 0 Å². The molecule has 1 heterocycles. The molecule has 1 N–H and O–H groups in total. The van der Waals surface area contributed by atoms with Crippen molar-refractivity contribution in [2.24, 2.45) is 5.41 Å². The Morgan fingerprint density at radius 2 is 1.81 bits per heavy atom. The molecule has 0 atom stereocenters. The lowest BCUT2D eigenvalue weighted by Gasteiger charge is -2.34. The lowest BCUT2D eigenvalue weighted by molar-refractivity contribution is -0.384. The number of nitro groups is 1. The normalized spacial score (nSPS) is 18.3. The highest BCUT2D eigenvalue weighted by atomic mass is 32.2. The number of hydrogen-bond donors (Lipinski definition) is 1. The van der Waals surface area contributed by atoms with Crippen LogP contribution in [0.3, 0.4) is 0 Å². The molecule has 1 spiro atoms. The molecule has 1 saturated carbocycles. The van der Waals surface area contributed by atoms with Crippen LogP contribution in [0.25, 0.3) is 0 Å². The van der Waals surface area contributed by atoms with E-state index in [9.17, 15) is 18.5 Å². The van der Waals surface area contributed by atoms with E-state index in [2.05, 4.69) is 4.72 Å². The highest BCUT2D eigenvalue weighted by Crippen LogP contribution is 2.53. The first-order valence-electron chi connectivity index (χ1n) is 9.00. The van der Waals surface area contributed by atoms with E-state index in [-0.39, 0.29) is 10.6 Å². The van der Waals surface area contributed by atoms with E-state index >= 15 is 0 Å². The molecule has 8 heteroatoms. The standard InChI is InChI=1S/C19H21N3O4S/c23-22(24)18-13-16(27(25,26)20-15-5-2-1-3-6-15)7-8-17(18)21-12-4-9-19(14-21)10-11-19/h1-3,5-8,13,20H,4,9-12,14H2. The zero-order valence-electron chi connectivity index (χ0n) is 14.8. The van der Waals surface area contributed by atoms with Gasteiger partial charge < -0.3 is 4.90 Å². The second kappa shape index (κ2) is 6.53. The van der Waals surface area contributed by atoms with Crippen molar-refractivity contribution in [1.82, 2.24) is 0 Å². The third-order valence-electron chi connectivity index (χ3n) is 5.44. The quantitative estimate of drug-likeness (QED) is 0.623. The zero-order valence-corrected chi connectivity index (χ0v) is 15.6. The van der Waals surface area contributed by atoms with Gasteiger partial charge >= 0.3 is 0 Å². The van der Waals surface area contributed by atoms with Gasteiger partial charge in [-0.25, -0.2) is 8.42 Å². The van der Waals surface area contributed by atoms with Crippen LogP contribution >= 0.6 is 0 Å². The van der Waals surface area contributed by atoms with Gasteiger partial charge in [0.1, 0.15) is 5.69 Å². The maximum atomic E-state index is 12.6. The molecule has 27 heavy (non-hydrogen) atoms. The summed E-state index contributed by atoms with van der Waals surface area (Å²) in [6.45, 7) is 1.57. The number of nitro benzene ring substituents is 1. The smallest absolute Gasteiger partial charge is 0.293 e. The fraction of sp³-hybridized carbons (Fsp3) is 0.368. The van der Waals surface area contributed by atoms with Crippen LogP contribution in [-0.2, 0) is 10.0 Å². The molecule has 0 aromatic heterocycles. The van der Waals surface area contributed by atoms with Crippen LogP contribution in [0, 0.1) is 15.5 Å². The van der Waals surface area contributed by atoms with E-state index in [1.54, 1.807) is 36.4 Å². The average Bonchev–Trinajstić information content (AvgIpc) is 3.40. The Kier molecular flexibility index (Phi) is 4.30. The summed E-state index contributed by atoms with van der Waals surface area (Å²) in [7, 11) is -3.90. The summed E-state index contributed by atoms with van der Waals surface area (Å²) >= 11 is 0. The maximum absolute atomic E-state index is 12.6. The molecule has 0 radical (unpaired) electrons. The molecule has 1 aliphatic carbocycles. The van der Waals surface area contributed by atoms with E-state index in [1.165, 1.54) is 25.3 Å². The summed E-state index contributed by atoms with van der Waals surface area (Å²) in [5.74, 6) is 0. The largest absolute Gasteiger partial charge is 0.365 e. The van der Waals surface area contributed by atoms with Gasteiger partial charge in [0.2, 0.25) is 0 Å². The molecule has 2 aromatic carbocycles.